The average molecular weight is 360 g/mol. The molecular weight excluding hydrogens is 344 g/mol. The lowest BCUT2D eigenvalue weighted by Crippen LogP contribution is -2.14. The molecule has 0 aliphatic carbocycles. The Morgan fingerprint density at radius 3 is 2.69 bits per heavy atom. The summed E-state index contributed by atoms with van der Waals surface area (Å²) in [6.45, 7) is 2.15. The molecule has 0 unspecified atom stereocenters. The number of ether oxygens (including phenoxy) is 4. The molecule has 0 fully saturated rings. The summed E-state index contributed by atoms with van der Waals surface area (Å²) in [6, 6.07) is 7.30. The second kappa shape index (κ2) is 7.18. The van der Waals surface area contributed by atoms with Gasteiger partial charge in [0.15, 0.2) is 23.0 Å². The van der Waals surface area contributed by atoms with Gasteiger partial charge in [0.2, 0.25) is 6.79 Å². The normalized spacial score (nSPS) is 11.8. The van der Waals surface area contributed by atoms with Gasteiger partial charge in [0.05, 0.1) is 24.7 Å². The van der Waals surface area contributed by atoms with Crippen molar-refractivity contribution in [2.75, 3.05) is 25.8 Å². The van der Waals surface area contributed by atoms with Crippen molar-refractivity contribution >= 4 is 17.3 Å². The minimum absolute atomic E-state index is 0.105. The van der Waals surface area contributed by atoms with E-state index in [1.807, 2.05) is 0 Å². The summed E-state index contributed by atoms with van der Waals surface area (Å²) >= 11 is 0. The number of carbonyl (C=O) groups is 1. The Kier molecular flexibility index (Phi) is 4.78. The van der Waals surface area contributed by atoms with Crippen LogP contribution in [0.25, 0.3) is 0 Å². The zero-order valence-electron chi connectivity index (χ0n) is 14.1. The summed E-state index contributed by atoms with van der Waals surface area (Å²) in [5.74, 6) is 0.824. The molecule has 0 spiro atoms. The largest absolute Gasteiger partial charge is 0.493 e. The number of nitro groups is 1. The first kappa shape index (κ1) is 17.3. The van der Waals surface area contributed by atoms with Crippen LogP contribution in [0.3, 0.4) is 0 Å². The topological polar surface area (TPSA) is 109 Å². The van der Waals surface area contributed by atoms with Gasteiger partial charge in [0, 0.05) is 17.8 Å². The molecule has 9 nitrogen and oxygen atoms in total. The molecule has 0 radical (unpaired) electrons. The Labute approximate surface area is 148 Å². The standard InChI is InChI=1S/C17H16N2O7/c1-3-24-16-8-12(19(21)22)11(7-14(16)23-2)17(20)18-10-4-5-13-15(6-10)26-9-25-13/h4-8H,3,9H2,1-2H3,(H,18,20). The minimum Gasteiger partial charge on any atom is -0.493 e. The van der Waals surface area contributed by atoms with E-state index in [4.69, 9.17) is 18.9 Å². The number of carbonyl (C=O) groups excluding carboxylic acids is 1. The average Bonchev–Trinajstić information content (AvgIpc) is 3.09. The molecule has 2 aromatic rings. The molecule has 9 heteroatoms. The lowest BCUT2D eigenvalue weighted by atomic mass is 10.1. The molecule has 0 atom stereocenters. The van der Waals surface area contributed by atoms with Crippen LogP contribution in [0, 0.1) is 10.1 Å². The summed E-state index contributed by atoms with van der Waals surface area (Å²) in [7, 11) is 1.39. The first-order valence-corrected chi connectivity index (χ1v) is 7.73. The highest BCUT2D eigenvalue weighted by Gasteiger charge is 2.25. The molecule has 0 aromatic heterocycles. The van der Waals surface area contributed by atoms with Crippen LogP contribution in [0.2, 0.25) is 0 Å². The molecular formula is C17H16N2O7. The van der Waals surface area contributed by atoms with Crippen LogP contribution in [-0.2, 0) is 0 Å². The van der Waals surface area contributed by atoms with E-state index < -0.39 is 10.8 Å². The smallest absolute Gasteiger partial charge is 0.286 e. The van der Waals surface area contributed by atoms with Crippen LogP contribution < -0.4 is 24.3 Å². The third-order valence-corrected chi connectivity index (χ3v) is 3.65. The lowest BCUT2D eigenvalue weighted by Gasteiger charge is -2.12. The number of hydrogen-bond acceptors (Lipinski definition) is 7. The maximum absolute atomic E-state index is 12.6. The van der Waals surface area contributed by atoms with Gasteiger partial charge in [-0.3, -0.25) is 14.9 Å². The van der Waals surface area contributed by atoms with Crippen LogP contribution in [-0.4, -0.2) is 31.3 Å². The van der Waals surface area contributed by atoms with Gasteiger partial charge in [0.1, 0.15) is 5.56 Å². The fraction of sp³-hybridized carbons (Fsp3) is 0.235. The van der Waals surface area contributed by atoms with Crippen molar-refractivity contribution in [3.8, 4) is 23.0 Å². The molecule has 0 saturated carbocycles. The molecule has 3 rings (SSSR count). The second-order valence-electron chi connectivity index (χ2n) is 5.23. The van der Waals surface area contributed by atoms with E-state index >= 15 is 0 Å². The summed E-state index contributed by atoms with van der Waals surface area (Å²) in [5.41, 5.74) is -0.109. The summed E-state index contributed by atoms with van der Waals surface area (Å²) < 4.78 is 21.0. The number of methoxy groups -OCH3 is 1. The van der Waals surface area contributed by atoms with Gasteiger partial charge in [-0.1, -0.05) is 0 Å². The van der Waals surface area contributed by atoms with Crippen molar-refractivity contribution < 1.29 is 28.7 Å². The molecule has 2 aromatic carbocycles. The zero-order valence-corrected chi connectivity index (χ0v) is 14.1. The van der Waals surface area contributed by atoms with E-state index in [0.29, 0.717) is 23.8 Å². The lowest BCUT2D eigenvalue weighted by molar-refractivity contribution is -0.385. The molecule has 0 saturated heterocycles. The van der Waals surface area contributed by atoms with Gasteiger partial charge in [0.25, 0.3) is 11.6 Å². The molecule has 1 aliphatic rings. The third-order valence-electron chi connectivity index (χ3n) is 3.65. The maximum Gasteiger partial charge on any atom is 0.286 e. The summed E-state index contributed by atoms with van der Waals surface area (Å²) in [4.78, 5) is 23.3. The minimum atomic E-state index is -0.656. The van der Waals surface area contributed by atoms with Crippen LogP contribution in [0.5, 0.6) is 23.0 Å². The SMILES string of the molecule is CCOc1cc([N+](=O)[O-])c(C(=O)Nc2ccc3c(c2)OCO3)cc1OC. The van der Waals surface area contributed by atoms with Gasteiger partial charge in [-0.25, -0.2) is 0 Å². The van der Waals surface area contributed by atoms with Crippen LogP contribution in [0.1, 0.15) is 17.3 Å². The van der Waals surface area contributed by atoms with Gasteiger partial charge in [-0.05, 0) is 19.1 Å². The number of nitrogens with zero attached hydrogens (tertiary/aromatic N) is 1. The fourth-order valence-electron chi connectivity index (χ4n) is 2.48. The van der Waals surface area contributed by atoms with E-state index in [1.54, 1.807) is 25.1 Å². The quantitative estimate of drug-likeness (QED) is 0.623. The van der Waals surface area contributed by atoms with E-state index in [2.05, 4.69) is 5.32 Å². The van der Waals surface area contributed by atoms with Crippen LogP contribution >= 0.6 is 0 Å². The highest BCUT2D eigenvalue weighted by molar-refractivity contribution is 6.07. The van der Waals surface area contributed by atoms with Crippen molar-refractivity contribution in [1.82, 2.24) is 0 Å². The predicted octanol–water partition coefficient (Wildman–Crippen LogP) is 2.98. The van der Waals surface area contributed by atoms with Crippen molar-refractivity contribution in [1.29, 1.82) is 0 Å². The summed E-state index contributed by atoms with van der Waals surface area (Å²) in [5, 5.41) is 14.0. The Morgan fingerprint density at radius 1 is 1.23 bits per heavy atom. The van der Waals surface area contributed by atoms with Gasteiger partial charge in [-0.15, -0.1) is 0 Å². The van der Waals surface area contributed by atoms with E-state index in [0.717, 1.165) is 0 Å². The Balaban J connectivity index is 1.93. The van der Waals surface area contributed by atoms with Gasteiger partial charge < -0.3 is 24.3 Å². The zero-order chi connectivity index (χ0) is 18.7. The van der Waals surface area contributed by atoms with Gasteiger partial charge in [-0.2, -0.15) is 0 Å². The van der Waals surface area contributed by atoms with Crippen molar-refractivity contribution in [2.45, 2.75) is 6.92 Å². The molecule has 0 bridgehead atoms. The summed E-state index contributed by atoms with van der Waals surface area (Å²) in [6.07, 6.45) is 0. The molecule has 1 aliphatic heterocycles. The van der Waals surface area contributed by atoms with Crippen molar-refractivity contribution in [2.24, 2.45) is 0 Å². The number of nitro benzene ring substituents is 1. The van der Waals surface area contributed by atoms with E-state index in [-0.39, 0.29) is 29.5 Å². The highest BCUT2D eigenvalue weighted by Crippen LogP contribution is 2.37. The Morgan fingerprint density at radius 2 is 2.00 bits per heavy atom. The molecule has 26 heavy (non-hydrogen) atoms. The first-order chi connectivity index (χ1) is 12.5. The highest BCUT2D eigenvalue weighted by atomic mass is 16.7. The van der Waals surface area contributed by atoms with Gasteiger partial charge >= 0.3 is 0 Å². The number of benzene rings is 2. The number of nitrogens with one attached hydrogen (secondary N) is 1. The number of amides is 1. The number of hydrogen-bond donors (Lipinski definition) is 1. The number of anilines is 1. The monoisotopic (exact) mass is 360 g/mol. The Bertz CT molecular complexity index is 866. The molecule has 1 N–H and O–H groups in total. The van der Waals surface area contributed by atoms with E-state index in [1.165, 1.54) is 19.2 Å². The number of rotatable bonds is 6. The first-order valence-electron chi connectivity index (χ1n) is 7.73. The van der Waals surface area contributed by atoms with Crippen molar-refractivity contribution in [3.63, 3.8) is 0 Å². The second-order valence-corrected chi connectivity index (χ2v) is 5.23. The third kappa shape index (κ3) is 3.32. The van der Waals surface area contributed by atoms with Crippen molar-refractivity contribution in [3.05, 3.63) is 46.0 Å². The van der Waals surface area contributed by atoms with E-state index in [9.17, 15) is 14.9 Å². The predicted molar refractivity (Wildman–Crippen MR) is 91.3 cm³/mol. The maximum atomic E-state index is 12.6. The molecule has 1 heterocycles. The van der Waals surface area contributed by atoms with Crippen LogP contribution in [0.4, 0.5) is 11.4 Å². The number of fused-ring (bicyclic) bond motifs is 1. The van der Waals surface area contributed by atoms with Crippen LogP contribution in [0.15, 0.2) is 30.3 Å². The fourth-order valence-corrected chi connectivity index (χ4v) is 2.48. The Hall–Kier alpha value is -3.49. The molecule has 1 amide bonds. The molecule has 136 valence electrons.